The zero-order valence-electron chi connectivity index (χ0n) is 16.7. The molecule has 0 fully saturated rings. The number of nitrogens with one attached hydrogen (secondary N) is 1. The standard InChI is InChI=1S/C24H24F2N2O2/c1-16(24(27)29)28-14-18-9-10-23(30-15-19-6-2-3-8-22(19)26)20(12-18)11-17-5-4-7-21(25)13-17/h2-10,12-13,16,28H,11,14-15H2,1H3,(H2,27,29)/t16-/m1/s1. The van der Waals surface area contributed by atoms with Crippen molar-refractivity contribution in [2.45, 2.75) is 32.5 Å². The van der Waals surface area contributed by atoms with Crippen molar-refractivity contribution in [2.75, 3.05) is 0 Å². The minimum atomic E-state index is -0.464. The lowest BCUT2D eigenvalue weighted by atomic mass is 10.0. The Bertz CT molecular complexity index is 1020. The van der Waals surface area contributed by atoms with Gasteiger partial charge < -0.3 is 15.8 Å². The fourth-order valence-electron chi connectivity index (χ4n) is 3.03. The van der Waals surface area contributed by atoms with Gasteiger partial charge in [0.05, 0.1) is 6.04 Å². The summed E-state index contributed by atoms with van der Waals surface area (Å²) >= 11 is 0. The first-order valence-corrected chi connectivity index (χ1v) is 9.67. The van der Waals surface area contributed by atoms with Gasteiger partial charge in [-0.3, -0.25) is 4.79 Å². The first-order chi connectivity index (χ1) is 14.4. The van der Waals surface area contributed by atoms with Crippen LogP contribution in [0.1, 0.15) is 29.2 Å². The van der Waals surface area contributed by atoms with Gasteiger partial charge in [0.15, 0.2) is 0 Å². The van der Waals surface area contributed by atoms with Crippen LogP contribution in [0.2, 0.25) is 0 Å². The maximum absolute atomic E-state index is 13.9. The van der Waals surface area contributed by atoms with Crippen LogP contribution >= 0.6 is 0 Å². The summed E-state index contributed by atoms with van der Waals surface area (Å²) in [5.41, 5.74) is 8.30. The number of carbonyl (C=O) groups excluding carboxylic acids is 1. The molecule has 0 aromatic heterocycles. The van der Waals surface area contributed by atoms with Crippen LogP contribution in [-0.2, 0) is 24.4 Å². The molecule has 30 heavy (non-hydrogen) atoms. The summed E-state index contributed by atoms with van der Waals surface area (Å²) in [7, 11) is 0. The van der Waals surface area contributed by atoms with Gasteiger partial charge in [-0.25, -0.2) is 8.78 Å². The molecule has 156 valence electrons. The normalized spacial score (nSPS) is 11.8. The lowest BCUT2D eigenvalue weighted by molar-refractivity contribution is -0.119. The molecule has 3 N–H and O–H groups in total. The number of rotatable bonds is 9. The topological polar surface area (TPSA) is 64.3 Å². The van der Waals surface area contributed by atoms with Gasteiger partial charge in [-0.05, 0) is 47.9 Å². The molecule has 0 aliphatic carbocycles. The van der Waals surface area contributed by atoms with E-state index in [0.717, 1.165) is 16.7 Å². The second-order valence-electron chi connectivity index (χ2n) is 7.13. The van der Waals surface area contributed by atoms with E-state index < -0.39 is 11.9 Å². The molecular weight excluding hydrogens is 386 g/mol. The van der Waals surface area contributed by atoms with Crippen molar-refractivity contribution >= 4 is 5.91 Å². The minimum absolute atomic E-state index is 0.0825. The van der Waals surface area contributed by atoms with Crippen LogP contribution in [0.5, 0.6) is 5.75 Å². The molecule has 0 radical (unpaired) electrons. The van der Waals surface area contributed by atoms with Crippen LogP contribution < -0.4 is 15.8 Å². The Balaban J connectivity index is 1.82. The maximum atomic E-state index is 13.9. The summed E-state index contributed by atoms with van der Waals surface area (Å²) in [6.45, 7) is 2.22. The average Bonchev–Trinajstić information content (AvgIpc) is 2.72. The Hall–Kier alpha value is -3.25. The number of ether oxygens (including phenoxy) is 1. The van der Waals surface area contributed by atoms with E-state index in [9.17, 15) is 13.6 Å². The molecule has 3 aromatic carbocycles. The molecular formula is C24H24F2N2O2. The third kappa shape index (κ3) is 5.87. The van der Waals surface area contributed by atoms with Crippen molar-refractivity contribution in [1.82, 2.24) is 5.32 Å². The molecule has 6 heteroatoms. The van der Waals surface area contributed by atoms with Crippen molar-refractivity contribution in [1.29, 1.82) is 0 Å². The molecule has 3 aromatic rings. The monoisotopic (exact) mass is 410 g/mol. The van der Waals surface area contributed by atoms with Gasteiger partial charge >= 0.3 is 0 Å². The number of nitrogens with two attached hydrogens (primary N) is 1. The van der Waals surface area contributed by atoms with E-state index in [-0.39, 0.29) is 18.2 Å². The number of halogens is 2. The van der Waals surface area contributed by atoms with Crippen LogP contribution in [0, 0.1) is 11.6 Å². The number of benzene rings is 3. The molecule has 1 amide bonds. The van der Waals surface area contributed by atoms with Gasteiger partial charge in [0.2, 0.25) is 5.91 Å². The van der Waals surface area contributed by atoms with Crippen molar-refractivity contribution in [3.63, 3.8) is 0 Å². The highest BCUT2D eigenvalue weighted by atomic mass is 19.1. The van der Waals surface area contributed by atoms with Gasteiger partial charge in [-0.1, -0.05) is 42.5 Å². The third-order valence-corrected chi connectivity index (χ3v) is 4.79. The first kappa shape index (κ1) is 21.5. The van der Waals surface area contributed by atoms with E-state index >= 15 is 0 Å². The van der Waals surface area contributed by atoms with Gasteiger partial charge in [0.1, 0.15) is 24.0 Å². The lowest BCUT2D eigenvalue weighted by Gasteiger charge is -2.15. The number of amides is 1. The first-order valence-electron chi connectivity index (χ1n) is 9.67. The van der Waals surface area contributed by atoms with Gasteiger partial charge in [0, 0.05) is 18.5 Å². The fourth-order valence-corrected chi connectivity index (χ4v) is 3.03. The molecule has 0 saturated carbocycles. The second kappa shape index (κ2) is 9.98. The lowest BCUT2D eigenvalue weighted by Crippen LogP contribution is -2.38. The smallest absolute Gasteiger partial charge is 0.234 e. The molecule has 0 aliphatic heterocycles. The Morgan fingerprint density at radius 3 is 2.53 bits per heavy atom. The zero-order chi connectivity index (χ0) is 21.5. The van der Waals surface area contributed by atoms with E-state index in [4.69, 9.17) is 10.5 Å². The van der Waals surface area contributed by atoms with Gasteiger partial charge in [-0.2, -0.15) is 0 Å². The Morgan fingerprint density at radius 1 is 1.00 bits per heavy atom. The third-order valence-electron chi connectivity index (χ3n) is 4.79. The van der Waals surface area contributed by atoms with E-state index in [1.54, 1.807) is 37.3 Å². The molecule has 0 bridgehead atoms. The van der Waals surface area contributed by atoms with Gasteiger partial charge in [0.25, 0.3) is 0 Å². The number of carbonyl (C=O) groups is 1. The van der Waals surface area contributed by atoms with Crippen LogP contribution in [0.4, 0.5) is 8.78 Å². The predicted octanol–water partition coefficient (Wildman–Crippen LogP) is 4.10. The van der Waals surface area contributed by atoms with E-state index in [0.29, 0.717) is 24.3 Å². The van der Waals surface area contributed by atoms with Gasteiger partial charge in [-0.15, -0.1) is 0 Å². The summed E-state index contributed by atoms with van der Waals surface area (Å²) in [6.07, 6.45) is 0.448. The maximum Gasteiger partial charge on any atom is 0.234 e. The largest absolute Gasteiger partial charge is 0.489 e. The van der Waals surface area contributed by atoms with Crippen molar-refractivity contribution in [2.24, 2.45) is 5.73 Å². The van der Waals surface area contributed by atoms with Crippen molar-refractivity contribution in [3.05, 3.63) is 101 Å². The highest BCUT2D eigenvalue weighted by Gasteiger charge is 2.11. The van der Waals surface area contributed by atoms with Crippen molar-refractivity contribution in [3.8, 4) is 5.75 Å². The minimum Gasteiger partial charge on any atom is -0.489 e. The van der Waals surface area contributed by atoms with Crippen LogP contribution in [0.25, 0.3) is 0 Å². The van der Waals surface area contributed by atoms with E-state index in [2.05, 4.69) is 5.32 Å². The molecule has 0 spiro atoms. The zero-order valence-corrected chi connectivity index (χ0v) is 16.7. The second-order valence-corrected chi connectivity index (χ2v) is 7.13. The molecule has 3 rings (SSSR count). The summed E-state index contributed by atoms with van der Waals surface area (Å²) < 4.78 is 33.4. The highest BCUT2D eigenvalue weighted by molar-refractivity contribution is 5.79. The quantitative estimate of drug-likeness (QED) is 0.558. The molecule has 1 atom stereocenters. The summed E-state index contributed by atoms with van der Waals surface area (Å²) in [4.78, 5) is 11.2. The van der Waals surface area contributed by atoms with Crippen LogP contribution in [0.15, 0.2) is 66.7 Å². The fraction of sp³-hybridized carbons (Fsp3) is 0.208. The predicted molar refractivity (Wildman–Crippen MR) is 112 cm³/mol. The van der Waals surface area contributed by atoms with E-state index in [1.807, 2.05) is 18.2 Å². The van der Waals surface area contributed by atoms with Crippen molar-refractivity contribution < 1.29 is 18.3 Å². The summed E-state index contributed by atoms with van der Waals surface area (Å²) in [5, 5.41) is 3.06. The van der Waals surface area contributed by atoms with E-state index in [1.165, 1.54) is 18.2 Å². The van der Waals surface area contributed by atoms with Crippen LogP contribution in [0.3, 0.4) is 0 Å². The molecule has 4 nitrogen and oxygen atoms in total. The van der Waals surface area contributed by atoms with Crippen LogP contribution in [-0.4, -0.2) is 11.9 Å². The molecule has 0 aliphatic rings. The molecule has 0 unspecified atom stereocenters. The summed E-state index contributed by atoms with van der Waals surface area (Å²) in [5.74, 6) is -0.478. The molecule has 0 heterocycles. The Kier molecular flexibility index (Phi) is 7.14. The number of primary amides is 1. The Morgan fingerprint density at radius 2 is 1.80 bits per heavy atom. The number of hydrogen-bond donors (Lipinski definition) is 2. The highest BCUT2D eigenvalue weighted by Crippen LogP contribution is 2.25. The average molecular weight is 410 g/mol. The molecule has 0 saturated heterocycles. The number of hydrogen-bond acceptors (Lipinski definition) is 3. The SMILES string of the molecule is C[C@@H](NCc1ccc(OCc2ccccc2F)c(Cc2cccc(F)c2)c1)C(N)=O. The Labute approximate surface area is 174 Å². The summed E-state index contributed by atoms with van der Waals surface area (Å²) in [6, 6.07) is 17.9.